The molecule has 0 saturated heterocycles. The van der Waals surface area contributed by atoms with E-state index in [0.717, 1.165) is 12.2 Å². The fourth-order valence-electron chi connectivity index (χ4n) is 0.497. The van der Waals surface area contributed by atoms with E-state index in [1.165, 1.54) is 6.08 Å². The molecule has 0 atom stereocenters. The SMILES string of the molecule is O=C1C=CC(O)=CC1=O. The van der Waals surface area contributed by atoms with Crippen LogP contribution in [0.3, 0.4) is 0 Å². The van der Waals surface area contributed by atoms with Gasteiger partial charge >= 0.3 is 0 Å². The van der Waals surface area contributed by atoms with Gasteiger partial charge < -0.3 is 5.11 Å². The molecule has 9 heavy (non-hydrogen) atoms. The van der Waals surface area contributed by atoms with Crippen LogP contribution in [0, 0.1) is 0 Å². The molecule has 1 aliphatic carbocycles. The van der Waals surface area contributed by atoms with E-state index in [2.05, 4.69) is 0 Å². The molecule has 46 valence electrons. The summed E-state index contributed by atoms with van der Waals surface area (Å²) >= 11 is 0. The molecule has 1 N–H and O–H groups in total. The number of hydrogen-bond donors (Lipinski definition) is 1. The normalized spacial score (nSPS) is 18.0. The highest BCUT2D eigenvalue weighted by Crippen LogP contribution is 1.99. The van der Waals surface area contributed by atoms with Crippen molar-refractivity contribution in [1.29, 1.82) is 0 Å². The third kappa shape index (κ3) is 1.05. The van der Waals surface area contributed by atoms with Gasteiger partial charge in [-0.15, -0.1) is 0 Å². The minimum absolute atomic E-state index is 0.167. The van der Waals surface area contributed by atoms with Gasteiger partial charge in [0.15, 0.2) is 0 Å². The average molecular weight is 124 g/mol. The highest BCUT2D eigenvalue weighted by Gasteiger charge is 2.11. The van der Waals surface area contributed by atoms with Gasteiger partial charge in [0.1, 0.15) is 5.76 Å². The summed E-state index contributed by atoms with van der Waals surface area (Å²) in [4.78, 5) is 20.7. The number of carbonyl (C=O) groups excluding carboxylic acids is 2. The topological polar surface area (TPSA) is 54.4 Å². The first kappa shape index (κ1) is 5.75. The summed E-state index contributed by atoms with van der Waals surface area (Å²) in [5.74, 6) is -1.43. The summed E-state index contributed by atoms with van der Waals surface area (Å²) in [5.41, 5.74) is 0. The Morgan fingerprint density at radius 1 is 1.11 bits per heavy atom. The first-order valence-corrected chi connectivity index (χ1v) is 2.37. The molecule has 3 heteroatoms. The van der Waals surface area contributed by atoms with Crippen molar-refractivity contribution in [2.24, 2.45) is 0 Å². The standard InChI is InChI=1S/C6H4O3/c7-4-1-2-5(8)6(9)3-4/h1-3,7H. The van der Waals surface area contributed by atoms with Gasteiger partial charge in [-0.2, -0.15) is 0 Å². The Hall–Kier alpha value is -1.38. The number of carbonyl (C=O) groups is 2. The van der Waals surface area contributed by atoms with Gasteiger partial charge in [0.25, 0.3) is 0 Å². The monoisotopic (exact) mass is 124 g/mol. The summed E-state index contributed by atoms with van der Waals surface area (Å²) < 4.78 is 0. The lowest BCUT2D eigenvalue weighted by atomic mass is 10.1. The summed E-state index contributed by atoms with van der Waals surface area (Å²) in [6, 6.07) is 0. The molecular formula is C6H4O3. The van der Waals surface area contributed by atoms with Gasteiger partial charge in [-0.1, -0.05) is 0 Å². The molecule has 0 radical (unpaired) electrons. The van der Waals surface area contributed by atoms with E-state index in [9.17, 15) is 9.59 Å². The second kappa shape index (κ2) is 1.85. The van der Waals surface area contributed by atoms with Crippen LogP contribution in [-0.4, -0.2) is 16.7 Å². The van der Waals surface area contributed by atoms with Crippen LogP contribution in [0.25, 0.3) is 0 Å². The van der Waals surface area contributed by atoms with Crippen molar-refractivity contribution >= 4 is 11.6 Å². The minimum atomic E-state index is -0.671. The predicted octanol–water partition coefficient (Wildman–Crippen LogP) is 0.136. The smallest absolute Gasteiger partial charge is 0.229 e. The van der Waals surface area contributed by atoms with Crippen LogP contribution < -0.4 is 0 Å². The van der Waals surface area contributed by atoms with Gasteiger partial charge in [-0.3, -0.25) is 9.59 Å². The van der Waals surface area contributed by atoms with Crippen LogP contribution in [-0.2, 0) is 9.59 Å². The zero-order valence-corrected chi connectivity index (χ0v) is 4.50. The second-order valence-corrected chi connectivity index (χ2v) is 1.63. The molecule has 3 nitrogen and oxygen atoms in total. The van der Waals surface area contributed by atoms with Crippen LogP contribution in [0.5, 0.6) is 0 Å². The van der Waals surface area contributed by atoms with Crippen molar-refractivity contribution < 1.29 is 14.7 Å². The maximum absolute atomic E-state index is 10.4. The highest BCUT2D eigenvalue weighted by molar-refractivity contribution is 6.46. The molecule has 1 rings (SSSR count). The van der Waals surface area contributed by atoms with Crippen LogP contribution in [0.4, 0.5) is 0 Å². The molecule has 0 unspecified atom stereocenters. The molecule has 1 aliphatic rings. The van der Waals surface area contributed by atoms with Crippen molar-refractivity contribution in [3.05, 3.63) is 24.0 Å². The van der Waals surface area contributed by atoms with Gasteiger partial charge in [0.2, 0.25) is 11.6 Å². The fraction of sp³-hybridized carbons (Fsp3) is 0. The van der Waals surface area contributed by atoms with E-state index in [1.54, 1.807) is 0 Å². The van der Waals surface area contributed by atoms with Gasteiger partial charge in [-0.25, -0.2) is 0 Å². The molecule has 0 heterocycles. The van der Waals surface area contributed by atoms with Crippen LogP contribution in [0.2, 0.25) is 0 Å². The zero-order valence-electron chi connectivity index (χ0n) is 4.50. The maximum atomic E-state index is 10.4. The summed E-state index contributed by atoms with van der Waals surface area (Å²) in [6.07, 6.45) is 3.11. The second-order valence-electron chi connectivity index (χ2n) is 1.63. The third-order valence-corrected chi connectivity index (χ3v) is 0.927. The van der Waals surface area contributed by atoms with E-state index in [0.29, 0.717) is 0 Å². The van der Waals surface area contributed by atoms with E-state index in [4.69, 9.17) is 5.11 Å². The zero-order chi connectivity index (χ0) is 6.85. The number of allylic oxidation sites excluding steroid dienone is 3. The Balaban J connectivity index is 2.95. The first-order valence-electron chi connectivity index (χ1n) is 2.37. The Morgan fingerprint density at radius 2 is 1.78 bits per heavy atom. The molecule has 0 aromatic carbocycles. The van der Waals surface area contributed by atoms with Gasteiger partial charge in [-0.05, 0) is 12.2 Å². The number of rotatable bonds is 0. The number of aliphatic hydroxyl groups excluding tert-OH is 1. The van der Waals surface area contributed by atoms with E-state index in [-0.39, 0.29) is 5.76 Å². The van der Waals surface area contributed by atoms with Crippen LogP contribution in [0.15, 0.2) is 24.0 Å². The lowest BCUT2D eigenvalue weighted by Gasteiger charge is -1.94. The lowest BCUT2D eigenvalue weighted by molar-refractivity contribution is -0.131. The van der Waals surface area contributed by atoms with E-state index < -0.39 is 11.6 Å². The van der Waals surface area contributed by atoms with Crippen LogP contribution >= 0.6 is 0 Å². The van der Waals surface area contributed by atoms with Crippen molar-refractivity contribution in [2.75, 3.05) is 0 Å². The number of aliphatic hydroxyl groups is 1. The Morgan fingerprint density at radius 3 is 2.22 bits per heavy atom. The number of ketones is 2. The van der Waals surface area contributed by atoms with Crippen LogP contribution in [0.1, 0.15) is 0 Å². The summed E-state index contributed by atoms with van der Waals surface area (Å²) in [6.45, 7) is 0. The van der Waals surface area contributed by atoms with E-state index >= 15 is 0 Å². The molecule has 0 saturated carbocycles. The summed E-state index contributed by atoms with van der Waals surface area (Å²) in [5, 5.41) is 8.60. The molecule has 0 aromatic heterocycles. The fourth-order valence-corrected chi connectivity index (χ4v) is 0.497. The number of hydrogen-bond acceptors (Lipinski definition) is 3. The molecular weight excluding hydrogens is 120 g/mol. The maximum Gasteiger partial charge on any atom is 0.229 e. The van der Waals surface area contributed by atoms with Crippen molar-refractivity contribution in [3.8, 4) is 0 Å². The molecule has 0 aliphatic heterocycles. The first-order chi connectivity index (χ1) is 4.20. The molecule has 0 amide bonds. The average Bonchev–Trinajstić information content (AvgIpc) is 1.80. The third-order valence-electron chi connectivity index (χ3n) is 0.927. The minimum Gasteiger partial charge on any atom is -0.508 e. The summed E-state index contributed by atoms with van der Waals surface area (Å²) in [7, 11) is 0. The largest absolute Gasteiger partial charge is 0.508 e. The lowest BCUT2D eigenvalue weighted by Crippen LogP contribution is -2.11. The Bertz CT molecular complexity index is 222. The predicted molar refractivity (Wildman–Crippen MR) is 29.9 cm³/mol. The van der Waals surface area contributed by atoms with Crippen molar-refractivity contribution in [2.45, 2.75) is 0 Å². The van der Waals surface area contributed by atoms with E-state index in [1.807, 2.05) is 0 Å². The van der Waals surface area contributed by atoms with Gasteiger partial charge in [0.05, 0.1) is 0 Å². The highest BCUT2D eigenvalue weighted by atomic mass is 16.3. The van der Waals surface area contributed by atoms with Gasteiger partial charge in [0, 0.05) is 6.08 Å². The Labute approximate surface area is 51.3 Å². The van der Waals surface area contributed by atoms with Crippen molar-refractivity contribution in [1.82, 2.24) is 0 Å². The molecule has 0 spiro atoms. The molecule has 0 fully saturated rings. The molecule has 0 aromatic rings. The Kier molecular flexibility index (Phi) is 1.18. The molecule has 0 bridgehead atoms. The quantitative estimate of drug-likeness (QED) is 0.369. The van der Waals surface area contributed by atoms with Crippen molar-refractivity contribution in [3.63, 3.8) is 0 Å².